The summed E-state index contributed by atoms with van der Waals surface area (Å²) in [6, 6.07) is 2.74. The lowest BCUT2D eigenvalue weighted by molar-refractivity contribution is -0.117. The van der Waals surface area contributed by atoms with Gasteiger partial charge in [0, 0.05) is 24.4 Å². The summed E-state index contributed by atoms with van der Waals surface area (Å²) < 4.78 is 19.2. The van der Waals surface area contributed by atoms with E-state index >= 15 is 0 Å². The first-order valence-electron chi connectivity index (χ1n) is 11.1. The van der Waals surface area contributed by atoms with Crippen molar-refractivity contribution in [3.63, 3.8) is 0 Å². The molecule has 29 heavy (non-hydrogen) atoms. The van der Waals surface area contributed by atoms with Crippen LogP contribution < -0.4 is 5.32 Å². The molecule has 2 aliphatic rings. The lowest BCUT2D eigenvalue weighted by atomic mass is 9.62. The number of aliphatic hydroxyl groups is 1. The Morgan fingerprint density at radius 1 is 1.31 bits per heavy atom. The summed E-state index contributed by atoms with van der Waals surface area (Å²) in [5, 5.41) is 13.5. The van der Waals surface area contributed by atoms with E-state index in [9.17, 15) is 14.3 Å². The standard InChI is InChI=1S/C23H35FN2O3/c1-14-4-6-19(20-13-29-15(2)5-7-18(14)20)16(3)21(27)8-9-23(28)26-17-10-11-25-22(24)12-17/h10-12,14-16,18-21,27H,4-9,13H2,1-3H3,(H,25,26,28)/t14-,15+,16-,18+,19+,20?,21-/m1/s1. The molecule has 5 nitrogen and oxygen atoms in total. The number of aliphatic hydroxyl groups excluding tert-OH is 1. The molecule has 3 rings (SSSR count). The van der Waals surface area contributed by atoms with Gasteiger partial charge in [0.05, 0.1) is 18.8 Å². The number of halogens is 1. The SMILES string of the molecule is C[C@@H]([C@H](O)CCC(=O)Nc1ccnc(F)c1)[C@@H]1CC[C@@H](C)[C@@H]2CC[C@H](C)OCC12. The molecule has 1 saturated carbocycles. The molecule has 2 N–H and O–H groups in total. The monoisotopic (exact) mass is 406 g/mol. The predicted molar refractivity (Wildman–Crippen MR) is 111 cm³/mol. The third-order valence-corrected chi connectivity index (χ3v) is 7.23. The number of anilines is 1. The van der Waals surface area contributed by atoms with Crippen molar-refractivity contribution >= 4 is 11.6 Å². The third kappa shape index (κ3) is 5.76. The van der Waals surface area contributed by atoms with Crippen LogP contribution in [0.1, 0.15) is 59.3 Å². The fourth-order valence-corrected chi connectivity index (χ4v) is 5.34. The number of aromatic nitrogens is 1. The fraction of sp³-hybridized carbons (Fsp3) is 0.739. The van der Waals surface area contributed by atoms with E-state index in [0.717, 1.165) is 19.4 Å². The van der Waals surface area contributed by atoms with Crippen LogP contribution in [-0.4, -0.2) is 34.8 Å². The average molecular weight is 407 g/mol. The van der Waals surface area contributed by atoms with Crippen LogP contribution in [0.2, 0.25) is 0 Å². The van der Waals surface area contributed by atoms with Gasteiger partial charge in [-0.25, -0.2) is 4.98 Å². The van der Waals surface area contributed by atoms with E-state index in [1.54, 1.807) is 6.07 Å². The number of nitrogens with one attached hydrogen (secondary N) is 1. The van der Waals surface area contributed by atoms with Crippen molar-refractivity contribution in [1.29, 1.82) is 0 Å². The highest BCUT2D eigenvalue weighted by Gasteiger charge is 2.42. The Kier molecular flexibility index (Phi) is 7.63. The second kappa shape index (κ2) is 9.98. The van der Waals surface area contributed by atoms with Crippen molar-refractivity contribution in [2.45, 2.75) is 71.5 Å². The van der Waals surface area contributed by atoms with Gasteiger partial charge in [-0.1, -0.05) is 20.3 Å². The molecule has 2 fully saturated rings. The summed E-state index contributed by atoms with van der Waals surface area (Å²) >= 11 is 0. The van der Waals surface area contributed by atoms with Crippen molar-refractivity contribution in [2.75, 3.05) is 11.9 Å². The molecule has 1 aromatic heterocycles. The fourth-order valence-electron chi connectivity index (χ4n) is 5.34. The van der Waals surface area contributed by atoms with Crippen LogP contribution in [-0.2, 0) is 9.53 Å². The Bertz CT molecular complexity index is 686. The molecule has 1 unspecified atom stereocenters. The lowest BCUT2D eigenvalue weighted by Crippen LogP contribution is -2.41. The smallest absolute Gasteiger partial charge is 0.224 e. The van der Waals surface area contributed by atoms with Crippen molar-refractivity contribution in [2.24, 2.45) is 29.6 Å². The summed E-state index contributed by atoms with van der Waals surface area (Å²) in [6.45, 7) is 7.42. The van der Waals surface area contributed by atoms with Gasteiger partial charge in [-0.05, 0) is 68.3 Å². The first-order chi connectivity index (χ1) is 13.8. The second-order valence-corrected chi connectivity index (χ2v) is 9.15. The molecule has 1 aromatic rings. The van der Waals surface area contributed by atoms with Gasteiger partial charge < -0.3 is 15.2 Å². The summed E-state index contributed by atoms with van der Waals surface area (Å²) in [7, 11) is 0. The molecule has 2 heterocycles. The molecule has 162 valence electrons. The highest BCUT2D eigenvalue weighted by Crippen LogP contribution is 2.46. The number of amides is 1. The minimum absolute atomic E-state index is 0.123. The Labute approximate surface area is 173 Å². The molecule has 7 atom stereocenters. The van der Waals surface area contributed by atoms with Crippen LogP contribution in [0.5, 0.6) is 0 Å². The maximum absolute atomic E-state index is 13.1. The van der Waals surface area contributed by atoms with Gasteiger partial charge in [0.1, 0.15) is 0 Å². The number of fused-ring (bicyclic) bond motifs is 1. The molecule has 1 aliphatic carbocycles. The molecule has 0 bridgehead atoms. The highest BCUT2D eigenvalue weighted by atomic mass is 19.1. The second-order valence-electron chi connectivity index (χ2n) is 9.15. The van der Waals surface area contributed by atoms with Gasteiger partial charge in [-0.15, -0.1) is 0 Å². The maximum atomic E-state index is 13.1. The molecule has 0 radical (unpaired) electrons. The molecular formula is C23H35FN2O3. The predicted octanol–water partition coefficient (Wildman–Crippen LogP) is 4.41. The zero-order valence-electron chi connectivity index (χ0n) is 17.8. The van der Waals surface area contributed by atoms with Gasteiger partial charge in [0.2, 0.25) is 11.9 Å². The largest absolute Gasteiger partial charge is 0.393 e. The Morgan fingerprint density at radius 2 is 2.10 bits per heavy atom. The number of nitrogens with zero attached hydrogens (tertiary/aromatic N) is 1. The molecule has 0 aromatic carbocycles. The van der Waals surface area contributed by atoms with Crippen molar-refractivity contribution in [1.82, 2.24) is 4.98 Å². The van der Waals surface area contributed by atoms with Crippen LogP contribution in [0.4, 0.5) is 10.1 Å². The number of ether oxygens (including phenoxy) is 1. The highest BCUT2D eigenvalue weighted by molar-refractivity contribution is 5.90. The number of rotatable bonds is 6. The van der Waals surface area contributed by atoms with Crippen LogP contribution in [0, 0.1) is 35.5 Å². The zero-order valence-corrected chi connectivity index (χ0v) is 17.8. The van der Waals surface area contributed by atoms with E-state index in [1.807, 2.05) is 0 Å². The van der Waals surface area contributed by atoms with Crippen molar-refractivity contribution in [3.05, 3.63) is 24.3 Å². The number of hydrogen-bond acceptors (Lipinski definition) is 4. The molecular weight excluding hydrogens is 371 g/mol. The van der Waals surface area contributed by atoms with E-state index in [2.05, 4.69) is 31.1 Å². The van der Waals surface area contributed by atoms with Crippen LogP contribution >= 0.6 is 0 Å². The van der Waals surface area contributed by atoms with E-state index in [4.69, 9.17) is 4.74 Å². The minimum Gasteiger partial charge on any atom is -0.393 e. The minimum atomic E-state index is -0.627. The van der Waals surface area contributed by atoms with E-state index in [1.165, 1.54) is 25.1 Å². The van der Waals surface area contributed by atoms with Gasteiger partial charge in [-0.3, -0.25) is 4.79 Å². The number of pyridine rings is 1. The Morgan fingerprint density at radius 3 is 2.86 bits per heavy atom. The van der Waals surface area contributed by atoms with E-state index in [-0.39, 0.29) is 18.2 Å². The summed E-state index contributed by atoms with van der Waals surface area (Å²) in [5.74, 6) is 1.56. The molecule has 1 saturated heterocycles. The van der Waals surface area contributed by atoms with Gasteiger partial charge in [-0.2, -0.15) is 4.39 Å². The lowest BCUT2D eigenvalue weighted by Gasteiger charge is -2.44. The quantitative estimate of drug-likeness (QED) is 0.687. The number of hydrogen-bond donors (Lipinski definition) is 2. The van der Waals surface area contributed by atoms with Gasteiger partial charge in [0.15, 0.2) is 0 Å². The van der Waals surface area contributed by atoms with Crippen molar-refractivity contribution < 1.29 is 19.0 Å². The average Bonchev–Trinajstić information content (AvgIpc) is 2.88. The van der Waals surface area contributed by atoms with Crippen LogP contribution in [0.15, 0.2) is 18.3 Å². The number of carbonyl (C=O) groups is 1. The first-order valence-corrected chi connectivity index (χ1v) is 11.1. The van der Waals surface area contributed by atoms with E-state index in [0.29, 0.717) is 41.9 Å². The number of carbonyl (C=O) groups excluding carboxylic acids is 1. The Balaban J connectivity index is 1.54. The Hall–Kier alpha value is -1.53. The van der Waals surface area contributed by atoms with Crippen LogP contribution in [0.25, 0.3) is 0 Å². The zero-order chi connectivity index (χ0) is 21.0. The van der Waals surface area contributed by atoms with Gasteiger partial charge >= 0.3 is 0 Å². The van der Waals surface area contributed by atoms with Crippen molar-refractivity contribution in [3.8, 4) is 0 Å². The summed E-state index contributed by atoms with van der Waals surface area (Å²) in [6.07, 6.45) is 6.35. The molecule has 0 spiro atoms. The molecule has 1 amide bonds. The maximum Gasteiger partial charge on any atom is 0.224 e. The topological polar surface area (TPSA) is 71.5 Å². The molecule has 1 aliphatic heterocycles. The molecule has 6 heteroatoms. The summed E-state index contributed by atoms with van der Waals surface area (Å²) in [4.78, 5) is 15.7. The third-order valence-electron chi connectivity index (χ3n) is 7.23. The summed E-state index contributed by atoms with van der Waals surface area (Å²) in [5.41, 5.74) is 0.388. The first kappa shape index (κ1) is 22.2. The van der Waals surface area contributed by atoms with E-state index < -0.39 is 12.1 Å². The van der Waals surface area contributed by atoms with Gasteiger partial charge in [0.25, 0.3) is 0 Å². The van der Waals surface area contributed by atoms with Crippen LogP contribution in [0.3, 0.4) is 0 Å². The normalized spacial score (nSPS) is 32.0.